The van der Waals surface area contributed by atoms with Gasteiger partial charge in [-0.1, -0.05) is 0 Å². The number of hydrogen-bond acceptors (Lipinski definition) is 3. The summed E-state index contributed by atoms with van der Waals surface area (Å²) in [5.74, 6) is -0.164. The van der Waals surface area contributed by atoms with Crippen molar-refractivity contribution < 1.29 is 9.53 Å². The summed E-state index contributed by atoms with van der Waals surface area (Å²) in [6.07, 6.45) is 0.888. The van der Waals surface area contributed by atoms with Crippen molar-refractivity contribution in [3.63, 3.8) is 0 Å². The second-order valence-corrected chi connectivity index (χ2v) is 3.14. The Kier molecular flexibility index (Phi) is 1.24. The first-order valence-corrected chi connectivity index (χ1v) is 3.99. The highest BCUT2D eigenvalue weighted by atomic mass is 32.1. The smallest absolute Gasteiger partial charge is 0.339 e. The Labute approximate surface area is 62.4 Å². The van der Waals surface area contributed by atoms with E-state index in [-0.39, 0.29) is 5.97 Å². The molecule has 0 aliphatic carbocycles. The molecule has 1 aliphatic rings. The van der Waals surface area contributed by atoms with Gasteiger partial charge in [0.15, 0.2) is 0 Å². The summed E-state index contributed by atoms with van der Waals surface area (Å²) in [6.45, 7) is 0.548. The minimum absolute atomic E-state index is 0.164. The molecule has 1 aliphatic heterocycles. The number of carbonyl (C=O) groups is 1. The Morgan fingerprint density at radius 2 is 2.50 bits per heavy atom. The quantitative estimate of drug-likeness (QED) is 0.529. The number of carbonyl (C=O) groups excluding carboxylic acids is 1. The molecule has 0 saturated heterocycles. The molecule has 0 fully saturated rings. The van der Waals surface area contributed by atoms with Crippen LogP contribution in [0.2, 0.25) is 0 Å². The van der Waals surface area contributed by atoms with Crippen LogP contribution in [0.15, 0.2) is 11.4 Å². The Bertz CT molecular complexity index is 264. The molecule has 0 aromatic carbocycles. The fourth-order valence-electron chi connectivity index (χ4n) is 1.03. The molecule has 0 unspecified atom stereocenters. The van der Waals surface area contributed by atoms with Crippen LogP contribution in [0, 0.1) is 0 Å². The summed E-state index contributed by atoms with van der Waals surface area (Å²) in [5.41, 5.74) is 0.760. The Hall–Kier alpha value is -0.830. The van der Waals surface area contributed by atoms with Crippen molar-refractivity contribution in [2.45, 2.75) is 6.42 Å². The van der Waals surface area contributed by atoms with E-state index in [9.17, 15) is 4.79 Å². The van der Waals surface area contributed by atoms with Crippen molar-refractivity contribution in [3.8, 4) is 0 Å². The van der Waals surface area contributed by atoms with Crippen LogP contribution in [0.25, 0.3) is 0 Å². The van der Waals surface area contributed by atoms with Gasteiger partial charge in [0.1, 0.15) is 0 Å². The molecule has 2 nitrogen and oxygen atoms in total. The number of thiophene rings is 1. The molecule has 0 radical (unpaired) electrons. The van der Waals surface area contributed by atoms with E-state index in [0.29, 0.717) is 6.61 Å². The van der Waals surface area contributed by atoms with Crippen molar-refractivity contribution in [3.05, 3.63) is 21.9 Å². The lowest BCUT2D eigenvalue weighted by atomic mass is 10.2. The van der Waals surface area contributed by atoms with E-state index in [1.165, 1.54) is 0 Å². The Morgan fingerprint density at radius 1 is 1.60 bits per heavy atom. The summed E-state index contributed by atoms with van der Waals surface area (Å²) in [5, 5.41) is 1.93. The number of rotatable bonds is 0. The van der Waals surface area contributed by atoms with E-state index in [1.807, 2.05) is 11.4 Å². The van der Waals surface area contributed by atoms with Crippen molar-refractivity contribution in [2.75, 3.05) is 6.61 Å². The van der Waals surface area contributed by atoms with Crippen LogP contribution in [0.5, 0.6) is 0 Å². The lowest BCUT2D eigenvalue weighted by Crippen LogP contribution is -2.14. The van der Waals surface area contributed by atoms with Gasteiger partial charge >= 0.3 is 5.97 Å². The summed E-state index contributed by atoms with van der Waals surface area (Å²) in [6, 6.07) is 1.82. The first kappa shape index (κ1) is 5.92. The summed E-state index contributed by atoms with van der Waals surface area (Å²) >= 11 is 1.63. The molecule has 1 aromatic heterocycles. The maximum Gasteiger partial charge on any atom is 0.339 e. The molecule has 52 valence electrons. The van der Waals surface area contributed by atoms with E-state index in [1.54, 1.807) is 11.3 Å². The average Bonchev–Trinajstić information content (AvgIpc) is 2.36. The van der Waals surface area contributed by atoms with Crippen molar-refractivity contribution in [1.29, 1.82) is 0 Å². The number of cyclic esters (lactones) is 1. The SMILES string of the molecule is O=C1OCCc2sccc21. The monoisotopic (exact) mass is 154 g/mol. The molecule has 0 spiro atoms. The van der Waals surface area contributed by atoms with Crippen molar-refractivity contribution in [1.82, 2.24) is 0 Å². The van der Waals surface area contributed by atoms with Gasteiger partial charge < -0.3 is 4.74 Å². The van der Waals surface area contributed by atoms with Gasteiger partial charge in [0.05, 0.1) is 12.2 Å². The number of ether oxygens (including phenoxy) is 1. The fourth-order valence-corrected chi connectivity index (χ4v) is 1.88. The lowest BCUT2D eigenvalue weighted by molar-refractivity contribution is 0.0483. The minimum Gasteiger partial charge on any atom is -0.462 e. The van der Waals surface area contributed by atoms with E-state index in [2.05, 4.69) is 0 Å². The zero-order valence-corrected chi connectivity index (χ0v) is 6.11. The minimum atomic E-state index is -0.164. The molecule has 0 saturated carbocycles. The standard InChI is InChI=1S/C7H6O2S/c8-7-5-2-4-10-6(5)1-3-9-7/h2,4H,1,3H2. The van der Waals surface area contributed by atoms with Gasteiger partial charge in [-0.2, -0.15) is 0 Å². The van der Waals surface area contributed by atoms with Crippen LogP contribution in [0.1, 0.15) is 15.2 Å². The average molecular weight is 154 g/mol. The van der Waals surface area contributed by atoms with E-state index < -0.39 is 0 Å². The highest BCUT2D eigenvalue weighted by Gasteiger charge is 2.18. The van der Waals surface area contributed by atoms with Gasteiger partial charge in [0.25, 0.3) is 0 Å². The van der Waals surface area contributed by atoms with Gasteiger partial charge in [0.2, 0.25) is 0 Å². The van der Waals surface area contributed by atoms with Crippen LogP contribution >= 0.6 is 11.3 Å². The van der Waals surface area contributed by atoms with Crippen LogP contribution in [-0.4, -0.2) is 12.6 Å². The predicted molar refractivity (Wildman–Crippen MR) is 38.3 cm³/mol. The lowest BCUT2D eigenvalue weighted by Gasteiger charge is -2.09. The number of fused-ring (bicyclic) bond motifs is 1. The van der Waals surface area contributed by atoms with Crippen LogP contribution in [-0.2, 0) is 11.2 Å². The molecule has 1 aromatic rings. The zero-order valence-electron chi connectivity index (χ0n) is 5.29. The highest BCUT2D eigenvalue weighted by Crippen LogP contribution is 2.21. The Balaban J connectivity index is 2.50. The maximum atomic E-state index is 10.9. The van der Waals surface area contributed by atoms with Gasteiger partial charge in [-0.25, -0.2) is 4.79 Å². The molecule has 0 amide bonds. The first-order chi connectivity index (χ1) is 4.88. The van der Waals surface area contributed by atoms with E-state index in [4.69, 9.17) is 4.74 Å². The Morgan fingerprint density at radius 3 is 3.30 bits per heavy atom. The van der Waals surface area contributed by atoms with E-state index in [0.717, 1.165) is 16.9 Å². The van der Waals surface area contributed by atoms with Gasteiger partial charge in [-0.05, 0) is 11.4 Å². The summed E-state index contributed by atoms with van der Waals surface area (Å²) in [4.78, 5) is 12.1. The fraction of sp³-hybridized carbons (Fsp3) is 0.286. The van der Waals surface area contributed by atoms with Crippen LogP contribution < -0.4 is 0 Å². The molecule has 2 rings (SSSR count). The third-order valence-electron chi connectivity index (χ3n) is 1.53. The normalized spacial score (nSPS) is 16.2. The van der Waals surface area contributed by atoms with Gasteiger partial charge in [-0.3, -0.25) is 0 Å². The highest BCUT2D eigenvalue weighted by molar-refractivity contribution is 7.10. The third-order valence-corrected chi connectivity index (χ3v) is 2.51. The molecular formula is C7H6O2S. The number of hydrogen-bond donors (Lipinski definition) is 0. The second kappa shape index (κ2) is 2.09. The van der Waals surface area contributed by atoms with Crippen LogP contribution in [0.3, 0.4) is 0 Å². The molecule has 2 heterocycles. The summed E-state index contributed by atoms with van der Waals surface area (Å²) in [7, 11) is 0. The predicted octanol–water partition coefficient (Wildman–Crippen LogP) is 1.46. The molecule has 0 bridgehead atoms. The zero-order chi connectivity index (χ0) is 6.97. The summed E-state index contributed by atoms with van der Waals surface area (Å²) < 4.78 is 4.83. The first-order valence-electron chi connectivity index (χ1n) is 3.11. The van der Waals surface area contributed by atoms with Crippen molar-refractivity contribution >= 4 is 17.3 Å². The largest absolute Gasteiger partial charge is 0.462 e. The molecule has 0 N–H and O–H groups in total. The van der Waals surface area contributed by atoms with Crippen LogP contribution in [0.4, 0.5) is 0 Å². The van der Waals surface area contributed by atoms with Gasteiger partial charge in [0, 0.05) is 11.3 Å². The molecular weight excluding hydrogens is 148 g/mol. The second-order valence-electron chi connectivity index (χ2n) is 2.14. The number of esters is 1. The third kappa shape index (κ3) is 0.743. The van der Waals surface area contributed by atoms with Crippen molar-refractivity contribution in [2.24, 2.45) is 0 Å². The molecule has 3 heteroatoms. The van der Waals surface area contributed by atoms with Gasteiger partial charge in [-0.15, -0.1) is 11.3 Å². The maximum absolute atomic E-state index is 10.9. The topological polar surface area (TPSA) is 26.3 Å². The molecule has 0 atom stereocenters. The van der Waals surface area contributed by atoms with E-state index >= 15 is 0 Å². The molecule has 10 heavy (non-hydrogen) atoms.